The van der Waals surface area contributed by atoms with Gasteiger partial charge >= 0.3 is 6.09 Å². The number of aromatic nitrogens is 2. The first kappa shape index (κ1) is 22.3. The van der Waals surface area contributed by atoms with E-state index in [4.69, 9.17) is 17.0 Å². The normalized spacial score (nSPS) is 19.6. The van der Waals surface area contributed by atoms with E-state index in [2.05, 4.69) is 25.5 Å². The third-order valence-corrected chi connectivity index (χ3v) is 6.27. The SMILES string of the molecule is CNC(=S)NCC1CN(c2ccc(C3CCN(Cc4cnccn4)CC3)c(F)c2)C(=O)O1. The van der Waals surface area contributed by atoms with Crippen molar-refractivity contribution in [1.82, 2.24) is 25.5 Å². The predicted octanol–water partition coefficient (Wildman–Crippen LogP) is 2.41. The van der Waals surface area contributed by atoms with Crippen LogP contribution in [0.3, 0.4) is 0 Å². The number of nitrogens with one attached hydrogen (secondary N) is 2. The first-order chi connectivity index (χ1) is 15.5. The van der Waals surface area contributed by atoms with Crippen LogP contribution < -0.4 is 15.5 Å². The number of rotatable bonds is 6. The quantitative estimate of drug-likeness (QED) is 0.639. The summed E-state index contributed by atoms with van der Waals surface area (Å²) in [6.45, 7) is 3.26. The molecule has 2 fully saturated rings. The van der Waals surface area contributed by atoms with Crippen LogP contribution >= 0.6 is 12.2 Å². The number of thiocarbonyl (C=S) groups is 1. The number of halogens is 1. The van der Waals surface area contributed by atoms with Gasteiger partial charge in [-0.1, -0.05) is 6.07 Å². The summed E-state index contributed by atoms with van der Waals surface area (Å²) in [6.07, 6.45) is 6.07. The van der Waals surface area contributed by atoms with Gasteiger partial charge in [-0.3, -0.25) is 19.8 Å². The predicted molar refractivity (Wildman–Crippen MR) is 123 cm³/mol. The standard InChI is InChI=1S/C22H27FN6O2S/c1-24-21(32)27-12-18-14-29(22(30)31-18)17-2-3-19(20(23)10-17)15-4-8-28(9-5-15)13-16-11-25-6-7-26-16/h2-3,6-7,10-11,15,18H,4-5,8-9,12-14H2,1H3,(H2,24,27,32). The van der Waals surface area contributed by atoms with E-state index < -0.39 is 6.09 Å². The lowest BCUT2D eigenvalue weighted by Crippen LogP contribution is -2.39. The van der Waals surface area contributed by atoms with Crippen molar-refractivity contribution in [2.75, 3.05) is 38.1 Å². The van der Waals surface area contributed by atoms with E-state index >= 15 is 4.39 Å². The molecule has 32 heavy (non-hydrogen) atoms. The van der Waals surface area contributed by atoms with Crippen molar-refractivity contribution in [3.8, 4) is 0 Å². The van der Waals surface area contributed by atoms with Crippen molar-refractivity contribution in [1.29, 1.82) is 0 Å². The summed E-state index contributed by atoms with van der Waals surface area (Å²) in [5, 5.41) is 6.27. The zero-order valence-electron chi connectivity index (χ0n) is 18.0. The number of anilines is 1. The molecule has 2 aromatic rings. The van der Waals surface area contributed by atoms with Crippen LogP contribution in [-0.4, -0.2) is 65.4 Å². The van der Waals surface area contributed by atoms with E-state index in [-0.39, 0.29) is 17.8 Å². The average Bonchev–Trinajstić information content (AvgIpc) is 3.19. The largest absolute Gasteiger partial charge is 0.442 e. The molecule has 170 valence electrons. The van der Waals surface area contributed by atoms with Crippen molar-refractivity contribution in [3.05, 3.63) is 53.9 Å². The monoisotopic (exact) mass is 458 g/mol. The molecule has 0 saturated carbocycles. The summed E-state index contributed by atoms with van der Waals surface area (Å²) >= 11 is 5.04. The highest BCUT2D eigenvalue weighted by Gasteiger charge is 2.33. The molecule has 8 nitrogen and oxygen atoms in total. The summed E-state index contributed by atoms with van der Waals surface area (Å²) < 4.78 is 20.4. The van der Waals surface area contributed by atoms with Crippen molar-refractivity contribution in [3.63, 3.8) is 0 Å². The van der Waals surface area contributed by atoms with Crippen molar-refractivity contribution >= 4 is 29.1 Å². The summed E-state index contributed by atoms with van der Waals surface area (Å²) in [6, 6.07) is 5.05. The number of carbonyl (C=O) groups excluding carboxylic acids is 1. The van der Waals surface area contributed by atoms with Gasteiger partial charge in [0, 0.05) is 32.2 Å². The number of ether oxygens (including phenoxy) is 1. The Morgan fingerprint density at radius 2 is 2.12 bits per heavy atom. The Morgan fingerprint density at radius 1 is 1.31 bits per heavy atom. The highest BCUT2D eigenvalue weighted by Crippen LogP contribution is 2.33. The van der Waals surface area contributed by atoms with Gasteiger partial charge in [-0.05, 0) is 61.8 Å². The Hall–Kier alpha value is -2.85. The van der Waals surface area contributed by atoms with Gasteiger partial charge in [0.1, 0.15) is 11.9 Å². The molecule has 2 aliphatic rings. The highest BCUT2D eigenvalue weighted by molar-refractivity contribution is 7.80. The molecule has 1 atom stereocenters. The zero-order chi connectivity index (χ0) is 22.5. The zero-order valence-corrected chi connectivity index (χ0v) is 18.8. The number of piperidine rings is 1. The van der Waals surface area contributed by atoms with Crippen LogP contribution in [0, 0.1) is 5.82 Å². The number of amides is 1. The topological polar surface area (TPSA) is 82.6 Å². The van der Waals surface area contributed by atoms with Gasteiger partial charge in [0.2, 0.25) is 0 Å². The molecule has 0 aliphatic carbocycles. The average molecular weight is 459 g/mol. The minimum atomic E-state index is -0.475. The number of nitrogens with zero attached hydrogens (tertiary/aromatic N) is 4. The molecule has 10 heteroatoms. The van der Waals surface area contributed by atoms with Crippen LogP contribution in [-0.2, 0) is 11.3 Å². The molecular weight excluding hydrogens is 431 g/mol. The Kier molecular flexibility index (Phi) is 7.11. The maximum Gasteiger partial charge on any atom is 0.414 e. The lowest BCUT2D eigenvalue weighted by molar-refractivity contribution is 0.143. The number of carbonyl (C=O) groups is 1. The first-order valence-electron chi connectivity index (χ1n) is 10.7. The molecule has 0 bridgehead atoms. The number of likely N-dealkylation sites (tertiary alicyclic amines) is 1. The molecule has 0 radical (unpaired) electrons. The molecule has 1 amide bonds. The second-order valence-electron chi connectivity index (χ2n) is 8.03. The second-order valence-corrected chi connectivity index (χ2v) is 8.44. The maximum absolute atomic E-state index is 15.0. The van der Waals surface area contributed by atoms with Gasteiger partial charge in [0.15, 0.2) is 5.11 Å². The van der Waals surface area contributed by atoms with Gasteiger partial charge in [-0.25, -0.2) is 9.18 Å². The number of benzene rings is 1. The van der Waals surface area contributed by atoms with Gasteiger partial charge in [0.05, 0.1) is 24.5 Å². The van der Waals surface area contributed by atoms with Crippen LogP contribution in [0.2, 0.25) is 0 Å². The molecule has 2 N–H and O–H groups in total. The number of cyclic esters (lactones) is 1. The maximum atomic E-state index is 15.0. The minimum absolute atomic E-state index is 0.159. The van der Waals surface area contributed by atoms with Crippen molar-refractivity contribution in [2.45, 2.75) is 31.4 Å². The fraction of sp³-hybridized carbons (Fsp3) is 0.455. The molecule has 2 saturated heterocycles. The molecule has 2 aliphatic heterocycles. The van der Waals surface area contributed by atoms with E-state index in [1.165, 1.54) is 11.0 Å². The third kappa shape index (κ3) is 5.31. The summed E-state index contributed by atoms with van der Waals surface area (Å²) in [5.74, 6) is -0.118. The first-order valence-corrected chi connectivity index (χ1v) is 11.1. The Bertz CT molecular complexity index is 955. The second kappa shape index (κ2) is 10.2. The molecule has 3 heterocycles. The minimum Gasteiger partial charge on any atom is -0.442 e. The number of hydrogen-bond donors (Lipinski definition) is 2. The molecule has 4 rings (SSSR count). The third-order valence-electron chi connectivity index (χ3n) is 5.92. The van der Waals surface area contributed by atoms with Crippen LogP contribution in [0.4, 0.5) is 14.9 Å². The van der Waals surface area contributed by atoms with Gasteiger partial charge in [0.25, 0.3) is 0 Å². The van der Waals surface area contributed by atoms with Crippen LogP contribution in [0.1, 0.15) is 30.0 Å². The summed E-state index contributed by atoms with van der Waals surface area (Å²) in [4.78, 5) is 24.5. The summed E-state index contributed by atoms with van der Waals surface area (Å²) in [5.41, 5.74) is 2.16. The highest BCUT2D eigenvalue weighted by atomic mass is 32.1. The van der Waals surface area contributed by atoms with E-state index in [1.807, 2.05) is 6.07 Å². The van der Waals surface area contributed by atoms with Gasteiger partial charge in [-0.2, -0.15) is 0 Å². The van der Waals surface area contributed by atoms with Crippen molar-refractivity contribution in [2.24, 2.45) is 0 Å². The van der Waals surface area contributed by atoms with Gasteiger partial charge < -0.3 is 15.4 Å². The Labute approximate surface area is 192 Å². The summed E-state index contributed by atoms with van der Waals surface area (Å²) in [7, 11) is 1.72. The molecule has 1 aromatic heterocycles. The smallest absolute Gasteiger partial charge is 0.414 e. The van der Waals surface area contributed by atoms with Crippen LogP contribution in [0.25, 0.3) is 0 Å². The van der Waals surface area contributed by atoms with Crippen LogP contribution in [0.15, 0.2) is 36.8 Å². The number of hydrogen-bond acceptors (Lipinski definition) is 6. The fourth-order valence-corrected chi connectivity index (χ4v) is 4.27. The van der Waals surface area contributed by atoms with E-state index in [0.717, 1.165) is 38.2 Å². The molecule has 1 aromatic carbocycles. The van der Waals surface area contributed by atoms with E-state index in [1.54, 1.807) is 31.7 Å². The Morgan fingerprint density at radius 3 is 2.81 bits per heavy atom. The molecular formula is C22H27FN6O2S. The van der Waals surface area contributed by atoms with Crippen molar-refractivity contribution < 1.29 is 13.9 Å². The van der Waals surface area contributed by atoms with E-state index in [0.29, 0.717) is 29.5 Å². The van der Waals surface area contributed by atoms with E-state index in [9.17, 15) is 4.79 Å². The van der Waals surface area contributed by atoms with Gasteiger partial charge in [-0.15, -0.1) is 0 Å². The molecule has 1 unspecified atom stereocenters. The fourth-order valence-electron chi connectivity index (χ4n) is 4.19. The lowest BCUT2D eigenvalue weighted by atomic mass is 9.89. The van der Waals surface area contributed by atoms with Crippen LogP contribution in [0.5, 0.6) is 0 Å². The molecule has 0 spiro atoms. The lowest BCUT2D eigenvalue weighted by Gasteiger charge is -2.32. The Balaban J connectivity index is 1.33.